The van der Waals surface area contributed by atoms with E-state index in [-0.39, 0.29) is 18.3 Å². The molecule has 0 fully saturated rings. The minimum absolute atomic E-state index is 0.0748. The minimum Gasteiger partial charge on any atom is -0.462 e. The molecule has 9 nitrogen and oxygen atoms in total. The molecule has 0 bridgehead atoms. The van der Waals surface area contributed by atoms with Gasteiger partial charge in [0.25, 0.3) is 5.22 Å². The van der Waals surface area contributed by atoms with Gasteiger partial charge in [0.1, 0.15) is 10.8 Å². The number of carbonyl (C=O) groups excluding carboxylic acids is 2. The zero-order valence-corrected chi connectivity index (χ0v) is 18.2. The predicted molar refractivity (Wildman–Crippen MR) is 117 cm³/mol. The summed E-state index contributed by atoms with van der Waals surface area (Å²) in [6.45, 7) is 2.00. The molecular formula is C20H19N5O4S2. The SMILES string of the molecule is CCOC(=O)c1ccsc1NC(=O)CSc1nnc(CCc2nc3ccccc3[nH]2)o1. The molecule has 1 amide bonds. The van der Waals surface area contributed by atoms with E-state index in [0.717, 1.165) is 28.6 Å². The van der Waals surface area contributed by atoms with Gasteiger partial charge in [-0.05, 0) is 30.5 Å². The molecule has 0 aliphatic rings. The number of imidazole rings is 1. The van der Waals surface area contributed by atoms with Crippen molar-refractivity contribution in [2.75, 3.05) is 17.7 Å². The van der Waals surface area contributed by atoms with Crippen molar-refractivity contribution in [3.8, 4) is 0 Å². The van der Waals surface area contributed by atoms with Gasteiger partial charge in [0.2, 0.25) is 11.8 Å². The Morgan fingerprint density at radius 2 is 2.10 bits per heavy atom. The smallest absolute Gasteiger partial charge is 0.341 e. The molecule has 3 aromatic heterocycles. The van der Waals surface area contributed by atoms with Crippen molar-refractivity contribution in [1.82, 2.24) is 20.2 Å². The Balaban J connectivity index is 1.27. The number of nitrogens with one attached hydrogen (secondary N) is 2. The van der Waals surface area contributed by atoms with E-state index in [0.29, 0.717) is 34.5 Å². The Hall–Kier alpha value is -3.18. The molecular weight excluding hydrogens is 438 g/mol. The van der Waals surface area contributed by atoms with Crippen LogP contribution in [0.4, 0.5) is 5.00 Å². The van der Waals surface area contributed by atoms with Crippen LogP contribution in [0, 0.1) is 0 Å². The highest BCUT2D eigenvalue weighted by atomic mass is 32.2. The highest BCUT2D eigenvalue weighted by Gasteiger charge is 2.17. The first-order valence-corrected chi connectivity index (χ1v) is 11.4. The number of benzene rings is 1. The zero-order chi connectivity index (χ0) is 21.6. The number of carbonyl (C=O) groups is 2. The summed E-state index contributed by atoms with van der Waals surface area (Å²) in [4.78, 5) is 31.9. The molecule has 0 radical (unpaired) electrons. The van der Waals surface area contributed by atoms with Gasteiger partial charge >= 0.3 is 5.97 Å². The van der Waals surface area contributed by atoms with Crippen molar-refractivity contribution in [2.45, 2.75) is 25.0 Å². The molecule has 0 aliphatic carbocycles. The molecule has 4 rings (SSSR count). The van der Waals surface area contributed by atoms with Crippen LogP contribution in [-0.2, 0) is 22.4 Å². The number of anilines is 1. The van der Waals surface area contributed by atoms with Gasteiger partial charge in [-0.15, -0.1) is 21.5 Å². The molecule has 0 aliphatic heterocycles. The van der Waals surface area contributed by atoms with Gasteiger partial charge in [0.05, 0.1) is 29.0 Å². The van der Waals surface area contributed by atoms with Crippen molar-refractivity contribution >= 4 is 51.0 Å². The molecule has 3 heterocycles. The number of H-pyrrole nitrogens is 1. The number of hydrogen-bond acceptors (Lipinski definition) is 9. The second kappa shape index (κ2) is 9.75. The van der Waals surface area contributed by atoms with E-state index in [1.165, 1.54) is 11.3 Å². The summed E-state index contributed by atoms with van der Waals surface area (Å²) < 4.78 is 10.6. The highest BCUT2D eigenvalue weighted by Crippen LogP contribution is 2.25. The number of amides is 1. The fraction of sp³-hybridized carbons (Fsp3) is 0.250. The minimum atomic E-state index is -0.460. The summed E-state index contributed by atoms with van der Waals surface area (Å²) in [5.41, 5.74) is 2.25. The number of rotatable bonds is 9. The molecule has 4 aromatic rings. The third-order valence-corrected chi connectivity index (χ3v) is 5.85. The lowest BCUT2D eigenvalue weighted by atomic mass is 10.3. The summed E-state index contributed by atoms with van der Waals surface area (Å²) in [5, 5.41) is 13.2. The Kier molecular flexibility index (Phi) is 6.63. The number of aromatic nitrogens is 4. The molecule has 0 spiro atoms. The van der Waals surface area contributed by atoms with Gasteiger partial charge < -0.3 is 19.5 Å². The molecule has 31 heavy (non-hydrogen) atoms. The maximum atomic E-state index is 12.2. The molecule has 0 saturated carbocycles. The maximum absolute atomic E-state index is 12.2. The number of ether oxygens (including phenoxy) is 1. The van der Waals surface area contributed by atoms with Gasteiger partial charge in [-0.1, -0.05) is 23.9 Å². The Morgan fingerprint density at radius 1 is 1.23 bits per heavy atom. The van der Waals surface area contributed by atoms with Crippen LogP contribution >= 0.6 is 23.1 Å². The summed E-state index contributed by atoms with van der Waals surface area (Å²) >= 11 is 2.40. The van der Waals surface area contributed by atoms with Crippen LogP contribution < -0.4 is 5.32 Å². The molecule has 11 heteroatoms. The Morgan fingerprint density at radius 3 is 2.94 bits per heavy atom. The number of esters is 1. The number of fused-ring (bicyclic) bond motifs is 1. The number of aromatic amines is 1. The number of thiophene rings is 1. The monoisotopic (exact) mass is 457 g/mol. The second-order valence-electron chi connectivity index (χ2n) is 6.38. The topological polar surface area (TPSA) is 123 Å². The van der Waals surface area contributed by atoms with Gasteiger partial charge in [0, 0.05) is 12.8 Å². The van der Waals surface area contributed by atoms with E-state index in [9.17, 15) is 9.59 Å². The Labute approximate surface area is 185 Å². The van der Waals surface area contributed by atoms with Crippen LogP contribution in [0.25, 0.3) is 11.0 Å². The van der Waals surface area contributed by atoms with Crippen LogP contribution in [0.5, 0.6) is 0 Å². The van der Waals surface area contributed by atoms with Crippen LogP contribution in [0.15, 0.2) is 45.4 Å². The first kappa shape index (κ1) is 21.1. The van der Waals surface area contributed by atoms with Gasteiger partial charge in [0.15, 0.2) is 0 Å². The third-order valence-electron chi connectivity index (χ3n) is 4.20. The van der Waals surface area contributed by atoms with Crippen molar-refractivity contribution in [1.29, 1.82) is 0 Å². The normalized spacial score (nSPS) is 11.0. The number of aryl methyl sites for hydroxylation is 2. The average Bonchev–Trinajstić information content (AvgIpc) is 3.50. The van der Waals surface area contributed by atoms with Crippen molar-refractivity contribution in [3.63, 3.8) is 0 Å². The lowest BCUT2D eigenvalue weighted by Gasteiger charge is -2.05. The Bertz CT molecular complexity index is 1170. The first-order chi connectivity index (χ1) is 15.1. The van der Waals surface area contributed by atoms with Crippen LogP contribution in [-0.4, -0.2) is 44.4 Å². The largest absolute Gasteiger partial charge is 0.462 e. The number of hydrogen-bond donors (Lipinski definition) is 2. The van der Waals surface area contributed by atoms with Gasteiger partial charge in [-0.3, -0.25) is 4.79 Å². The summed E-state index contributed by atoms with van der Waals surface area (Å²) in [7, 11) is 0. The summed E-state index contributed by atoms with van der Waals surface area (Å²) in [5.74, 6) is 0.663. The van der Waals surface area contributed by atoms with Crippen LogP contribution in [0.1, 0.15) is 29.0 Å². The van der Waals surface area contributed by atoms with Crippen LogP contribution in [0.3, 0.4) is 0 Å². The molecule has 2 N–H and O–H groups in total. The van der Waals surface area contributed by atoms with E-state index in [2.05, 4.69) is 25.5 Å². The molecule has 160 valence electrons. The standard InChI is InChI=1S/C20H19N5O4S2/c1-2-28-19(27)12-9-10-30-18(12)23-16(26)11-31-20-25-24-17(29-20)8-7-15-21-13-5-3-4-6-14(13)22-15/h3-6,9-10H,2,7-8,11H2,1H3,(H,21,22)(H,23,26). The quantitative estimate of drug-likeness (QED) is 0.288. The second-order valence-corrected chi connectivity index (χ2v) is 8.23. The van der Waals surface area contributed by atoms with E-state index in [1.807, 2.05) is 24.3 Å². The fourth-order valence-electron chi connectivity index (χ4n) is 2.81. The molecule has 0 saturated heterocycles. The highest BCUT2D eigenvalue weighted by molar-refractivity contribution is 7.99. The summed E-state index contributed by atoms with van der Waals surface area (Å²) in [6, 6.07) is 9.45. The molecule has 0 atom stereocenters. The van der Waals surface area contributed by atoms with Gasteiger partial charge in [-0.2, -0.15) is 0 Å². The lowest BCUT2D eigenvalue weighted by Crippen LogP contribution is -2.15. The molecule has 0 unspecified atom stereocenters. The number of thioether (sulfide) groups is 1. The van der Waals surface area contributed by atoms with Crippen LogP contribution in [0.2, 0.25) is 0 Å². The van der Waals surface area contributed by atoms with Crippen molar-refractivity contribution < 1.29 is 18.7 Å². The van der Waals surface area contributed by atoms with Gasteiger partial charge in [-0.25, -0.2) is 9.78 Å². The van der Waals surface area contributed by atoms with Crippen molar-refractivity contribution in [2.24, 2.45) is 0 Å². The predicted octanol–water partition coefficient (Wildman–Crippen LogP) is 3.70. The fourth-order valence-corrected chi connectivity index (χ4v) is 4.18. The molecule has 1 aromatic carbocycles. The van der Waals surface area contributed by atoms with E-state index in [1.54, 1.807) is 18.4 Å². The van der Waals surface area contributed by atoms with Crippen molar-refractivity contribution in [3.05, 3.63) is 53.0 Å². The number of para-hydroxylation sites is 2. The van der Waals surface area contributed by atoms with E-state index >= 15 is 0 Å². The average molecular weight is 458 g/mol. The lowest BCUT2D eigenvalue weighted by molar-refractivity contribution is -0.113. The number of nitrogens with zero attached hydrogens (tertiary/aromatic N) is 3. The maximum Gasteiger partial charge on any atom is 0.341 e. The van der Waals surface area contributed by atoms with E-state index < -0.39 is 5.97 Å². The first-order valence-electron chi connectivity index (χ1n) is 9.55. The summed E-state index contributed by atoms with van der Waals surface area (Å²) in [6.07, 6.45) is 1.17. The third kappa shape index (κ3) is 5.30. The van der Waals surface area contributed by atoms with E-state index in [4.69, 9.17) is 9.15 Å². The zero-order valence-electron chi connectivity index (χ0n) is 16.6.